The van der Waals surface area contributed by atoms with Crippen LogP contribution in [0.3, 0.4) is 0 Å². The lowest BCUT2D eigenvalue weighted by molar-refractivity contribution is 1.56. The van der Waals surface area contributed by atoms with Gasteiger partial charge < -0.3 is 0 Å². The number of benzene rings is 10. The van der Waals surface area contributed by atoms with E-state index in [2.05, 4.69) is 218 Å². The minimum Gasteiger partial charge on any atom is -0.0622 e. The van der Waals surface area contributed by atoms with Crippen LogP contribution in [0.1, 0.15) is 0 Å². The van der Waals surface area contributed by atoms with Crippen molar-refractivity contribution in [1.29, 1.82) is 0 Å². The number of hydrogen-bond acceptors (Lipinski definition) is 0. The van der Waals surface area contributed by atoms with Crippen LogP contribution in [-0.2, 0) is 0 Å². The number of fused-ring (bicyclic) bond motifs is 3. The molecule has 0 spiro atoms. The van der Waals surface area contributed by atoms with Gasteiger partial charge in [-0.05, 0) is 105 Å². The third-order valence-corrected chi connectivity index (χ3v) is 10.9. The zero-order chi connectivity index (χ0) is 35.8. The lowest BCUT2D eigenvalue weighted by Crippen LogP contribution is -1.93. The second-order valence-electron chi connectivity index (χ2n) is 14.0. The monoisotopic (exact) mass is 684 g/mol. The summed E-state index contributed by atoms with van der Waals surface area (Å²) in [6, 6.07) is 79.6. The van der Waals surface area contributed by atoms with Gasteiger partial charge in [-0.2, -0.15) is 0 Å². The summed E-state index contributed by atoms with van der Waals surface area (Å²) >= 11 is 0. The van der Waals surface area contributed by atoms with Crippen LogP contribution in [0.4, 0.5) is 0 Å². The molecule has 0 atom stereocenters. The predicted octanol–water partition coefficient (Wildman–Crippen LogP) is 15.1. The Bertz CT molecular complexity index is 2880. The lowest BCUT2D eigenvalue weighted by Gasteiger charge is -2.20. The molecular formula is C54H36. The van der Waals surface area contributed by atoms with Crippen LogP contribution >= 0.6 is 0 Å². The van der Waals surface area contributed by atoms with Crippen molar-refractivity contribution in [3.8, 4) is 66.8 Å². The largest absolute Gasteiger partial charge is 0.0622 e. The fourth-order valence-electron chi connectivity index (χ4n) is 8.40. The molecule has 0 bridgehead atoms. The topological polar surface area (TPSA) is 0 Å². The quantitative estimate of drug-likeness (QED) is 0.153. The summed E-state index contributed by atoms with van der Waals surface area (Å²) in [6.45, 7) is 0. The predicted molar refractivity (Wildman–Crippen MR) is 232 cm³/mol. The molecule has 10 aromatic carbocycles. The molecule has 0 radical (unpaired) electrons. The number of rotatable bonds is 6. The number of hydrogen-bond donors (Lipinski definition) is 0. The summed E-state index contributed by atoms with van der Waals surface area (Å²) in [7, 11) is 0. The van der Waals surface area contributed by atoms with Crippen LogP contribution in [0.5, 0.6) is 0 Å². The SMILES string of the molecule is c1ccc(-c2ccc(-c3ccc(-c4c5ccccc5c(-c5ccc(-c6ccccc6)c6ccccc56)c5ccccc45)cc3)c(-c3ccccc3)c2)cc1. The van der Waals surface area contributed by atoms with E-state index in [1.54, 1.807) is 0 Å². The fourth-order valence-corrected chi connectivity index (χ4v) is 8.40. The van der Waals surface area contributed by atoms with Gasteiger partial charge in [0, 0.05) is 0 Å². The standard InChI is InChI=1S/C54H36/c1-4-16-37(17-5-1)42-32-33-44(52(36-42)39-20-8-3-9-21-39)40-28-30-41(31-29-40)53-47-24-12-14-26-49(47)54(50-27-15-13-25-48(50)53)51-35-34-43(38-18-6-2-7-19-38)45-22-10-11-23-46(45)51/h1-36H. The Balaban J connectivity index is 1.14. The van der Waals surface area contributed by atoms with E-state index in [0.29, 0.717) is 0 Å². The van der Waals surface area contributed by atoms with Crippen LogP contribution in [0.2, 0.25) is 0 Å². The summed E-state index contributed by atoms with van der Waals surface area (Å²) in [6.07, 6.45) is 0. The maximum atomic E-state index is 2.34. The van der Waals surface area contributed by atoms with Gasteiger partial charge in [0.15, 0.2) is 0 Å². The average Bonchev–Trinajstić information content (AvgIpc) is 3.26. The summed E-state index contributed by atoms with van der Waals surface area (Å²) in [5.41, 5.74) is 14.8. The van der Waals surface area contributed by atoms with Crippen molar-refractivity contribution in [2.45, 2.75) is 0 Å². The molecule has 0 heteroatoms. The van der Waals surface area contributed by atoms with E-state index in [0.717, 1.165) is 0 Å². The van der Waals surface area contributed by atoms with Gasteiger partial charge >= 0.3 is 0 Å². The molecule has 252 valence electrons. The summed E-state index contributed by atoms with van der Waals surface area (Å²) < 4.78 is 0. The van der Waals surface area contributed by atoms with Gasteiger partial charge in [-0.15, -0.1) is 0 Å². The molecule has 0 unspecified atom stereocenters. The van der Waals surface area contributed by atoms with Crippen molar-refractivity contribution >= 4 is 32.3 Å². The minimum atomic E-state index is 1.20. The minimum absolute atomic E-state index is 1.20. The molecule has 0 saturated heterocycles. The first-order valence-electron chi connectivity index (χ1n) is 18.7. The molecule has 0 amide bonds. The van der Waals surface area contributed by atoms with Crippen LogP contribution in [0.15, 0.2) is 218 Å². The Morgan fingerprint density at radius 2 is 0.519 bits per heavy atom. The zero-order valence-electron chi connectivity index (χ0n) is 29.8. The zero-order valence-corrected chi connectivity index (χ0v) is 29.8. The van der Waals surface area contributed by atoms with E-state index < -0.39 is 0 Å². The van der Waals surface area contributed by atoms with E-state index in [1.807, 2.05) is 0 Å². The Kier molecular flexibility index (Phi) is 7.93. The van der Waals surface area contributed by atoms with Crippen molar-refractivity contribution in [2.24, 2.45) is 0 Å². The molecule has 0 saturated carbocycles. The molecule has 0 aliphatic heterocycles. The first-order valence-corrected chi connectivity index (χ1v) is 18.7. The van der Waals surface area contributed by atoms with Gasteiger partial charge in [-0.3, -0.25) is 0 Å². The van der Waals surface area contributed by atoms with E-state index in [4.69, 9.17) is 0 Å². The molecule has 54 heavy (non-hydrogen) atoms. The van der Waals surface area contributed by atoms with Gasteiger partial charge in [-0.25, -0.2) is 0 Å². The highest BCUT2D eigenvalue weighted by Gasteiger charge is 2.19. The maximum absolute atomic E-state index is 2.34. The highest BCUT2D eigenvalue weighted by atomic mass is 14.2. The third-order valence-electron chi connectivity index (χ3n) is 10.9. The maximum Gasteiger partial charge on any atom is -0.00201 e. The van der Waals surface area contributed by atoms with Gasteiger partial charge in [0.05, 0.1) is 0 Å². The van der Waals surface area contributed by atoms with Crippen molar-refractivity contribution in [3.05, 3.63) is 218 Å². The summed E-state index contributed by atoms with van der Waals surface area (Å²) in [5.74, 6) is 0. The van der Waals surface area contributed by atoms with E-state index >= 15 is 0 Å². The van der Waals surface area contributed by atoms with Crippen molar-refractivity contribution in [1.82, 2.24) is 0 Å². The molecule has 0 nitrogen and oxygen atoms in total. The Labute approximate surface area is 316 Å². The van der Waals surface area contributed by atoms with Crippen LogP contribution in [0, 0.1) is 0 Å². The fraction of sp³-hybridized carbons (Fsp3) is 0. The molecule has 0 fully saturated rings. The molecule has 10 rings (SSSR count). The van der Waals surface area contributed by atoms with Gasteiger partial charge in [0.25, 0.3) is 0 Å². The normalized spacial score (nSPS) is 11.3. The van der Waals surface area contributed by atoms with Gasteiger partial charge in [-0.1, -0.05) is 212 Å². The third kappa shape index (κ3) is 5.48. The van der Waals surface area contributed by atoms with Crippen LogP contribution in [-0.4, -0.2) is 0 Å². The lowest BCUT2D eigenvalue weighted by atomic mass is 9.83. The van der Waals surface area contributed by atoms with Crippen LogP contribution in [0.25, 0.3) is 99.1 Å². The van der Waals surface area contributed by atoms with E-state index in [-0.39, 0.29) is 0 Å². The molecular weight excluding hydrogens is 649 g/mol. The Hall–Kier alpha value is -7.02. The smallest absolute Gasteiger partial charge is 0.00201 e. The Morgan fingerprint density at radius 1 is 0.167 bits per heavy atom. The second-order valence-corrected chi connectivity index (χ2v) is 14.0. The molecule has 0 heterocycles. The Morgan fingerprint density at radius 3 is 1.07 bits per heavy atom. The van der Waals surface area contributed by atoms with Gasteiger partial charge in [0.1, 0.15) is 0 Å². The van der Waals surface area contributed by atoms with E-state index in [1.165, 1.54) is 99.1 Å². The highest BCUT2D eigenvalue weighted by Crippen LogP contribution is 2.47. The first kappa shape index (κ1) is 31.7. The van der Waals surface area contributed by atoms with Gasteiger partial charge in [0.2, 0.25) is 0 Å². The van der Waals surface area contributed by atoms with Crippen LogP contribution < -0.4 is 0 Å². The molecule has 10 aromatic rings. The van der Waals surface area contributed by atoms with E-state index in [9.17, 15) is 0 Å². The summed E-state index contributed by atoms with van der Waals surface area (Å²) in [5, 5.41) is 7.56. The molecule has 0 N–H and O–H groups in total. The summed E-state index contributed by atoms with van der Waals surface area (Å²) in [4.78, 5) is 0. The van der Waals surface area contributed by atoms with Crippen molar-refractivity contribution in [2.75, 3.05) is 0 Å². The second kappa shape index (κ2) is 13.5. The van der Waals surface area contributed by atoms with Crippen molar-refractivity contribution in [3.63, 3.8) is 0 Å². The molecule has 0 aliphatic rings. The highest BCUT2D eigenvalue weighted by molar-refractivity contribution is 6.24. The average molecular weight is 685 g/mol. The molecule has 0 aromatic heterocycles. The molecule has 0 aliphatic carbocycles. The van der Waals surface area contributed by atoms with Crippen molar-refractivity contribution < 1.29 is 0 Å². The first-order chi connectivity index (χ1) is 26.8.